The average molecular weight is 443 g/mol. The molecule has 0 aliphatic carbocycles. The molecule has 0 aromatic heterocycles. The van der Waals surface area contributed by atoms with Gasteiger partial charge in [-0.2, -0.15) is 0 Å². The highest BCUT2D eigenvalue weighted by Crippen LogP contribution is 2.25. The van der Waals surface area contributed by atoms with E-state index in [1.807, 2.05) is 0 Å². The van der Waals surface area contributed by atoms with Gasteiger partial charge in [0, 0.05) is 5.69 Å². The molecule has 0 aliphatic rings. The Balaban J connectivity index is 2.37. The fraction of sp³-hybridized carbons (Fsp3) is 0.263. The Morgan fingerprint density at radius 2 is 1.83 bits per heavy atom. The molecule has 0 heterocycles. The molecule has 7 nitrogen and oxygen atoms in total. The van der Waals surface area contributed by atoms with Crippen LogP contribution in [0.1, 0.15) is 23.7 Å². The molecule has 1 atom stereocenters. The number of anilines is 2. The highest BCUT2D eigenvalue weighted by molar-refractivity contribution is 7.92. The van der Waals surface area contributed by atoms with Crippen molar-refractivity contribution in [3.8, 4) is 0 Å². The Morgan fingerprint density at radius 3 is 2.34 bits per heavy atom. The SMILES string of the molecule is CCC(C(=O)Nc1ccc(Cl)c(C(=O)OC)c1)N(c1ccc(F)cc1)S(C)(=O)=O. The first kappa shape index (κ1) is 22.6. The fourth-order valence-corrected chi connectivity index (χ4v) is 4.15. The van der Waals surface area contributed by atoms with E-state index in [0.29, 0.717) is 0 Å². The smallest absolute Gasteiger partial charge is 0.339 e. The van der Waals surface area contributed by atoms with Crippen LogP contribution in [0.3, 0.4) is 0 Å². The van der Waals surface area contributed by atoms with Gasteiger partial charge in [0.1, 0.15) is 11.9 Å². The number of esters is 1. The molecule has 0 saturated heterocycles. The lowest BCUT2D eigenvalue weighted by molar-refractivity contribution is -0.117. The van der Waals surface area contributed by atoms with E-state index in [0.717, 1.165) is 22.7 Å². The van der Waals surface area contributed by atoms with Crippen molar-refractivity contribution < 1.29 is 27.1 Å². The van der Waals surface area contributed by atoms with E-state index in [-0.39, 0.29) is 28.4 Å². The number of methoxy groups -OCH3 is 1. The molecule has 156 valence electrons. The maximum atomic E-state index is 13.2. The molecular formula is C19H20ClFN2O5S. The molecule has 0 fully saturated rings. The van der Waals surface area contributed by atoms with Crippen molar-refractivity contribution in [2.75, 3.05) is 23.0 Å². The predicted octanol–water partition coefficient (Wildman–Crippen LogP) is 3.45. The van der Waals surface area contributed by atoms with Gasteiger partial charge in [0.15, 0.2) is 0 Å². The molecule has 2 aromatic rings. The normalized spacial score (nSPS) is 12.2. The molecule has 0 aliphatic heterocycles. The topological polar surface area (TPSA) is 92.8 Å². The molecule has 0 radical (unpaired) electrons. The van der Waals surface area contributed by atoms with Gasteiger partial charge in [0.25, 0.3) is 0 Å². The molecule has 0 spiro atoms. The van der Waals surface area contributed by atoms with Gasteiger partial charge in [-0.15, -0.1) is 0 Å². The summed E-state index contributed by atoms with van der Waals surface area (Å²) in [6, 6.07) is 7.91. The van der Waals surface area contributed by atoms with Gasteiger partial charge in [-0.3, -0.25) is 9.10 Å². The average Bonchev–Trinajstić information content (AvgIpc) is 2.66. The van der Waals surface area contributed by atoms with E-state index in [4.69, 9.17) is 11.6 Å². The highest BCUT2D eigenvalue weighted by atomic mass is 35.5. The lowest BCUT2D eigenvalue weighted by Gasteiger charge is -2.30. The molecule has 0 bridgehead atoms. The van der Waals surface area contributed by atoms with Gasteiger partial charge in [0.2, 0.25) is 15.9 Å². The summed E-state index contributed by atoms with van der Waals surface area (Å²) in [4.78, 5) is 24.6. The van der Waals surface area contributed by atoms with Gasteiger partial charge in [-0.1, -0.05) is 18.5 Å². The van der Waals surface area contributed by atoms with Crippen molar-refractivity contribution >= 4 is 44.9 Å². The van der Waals surface area contributed by atoms with Gasteiger partial charge < -0.3 is 10.1 Å². The van der Waals surface area contributed by atoms with Crippen LogP contribution in [-0.4, -0.2) is 39.7 Å². The van der Waals surface area contributed by atoms with Crippen LogP contribution in [0.2, 0.25) is 5.02 Å². The molecular weight excluding hydrogens is 423 g/mol. The Bertz CT molecular complexity index is 1010. The zero-order valence-electron chi connectivity index (χ0n) is 16.0. The summed E-state index contributed by atoms with van der Waals surface area (Å²) in [6.45, 7) is 1.65. The van der Waals surface area contributed by atoms with E-state index in [1.165, 1.54) is 37.4 Å². The minimum absolute atomic E-state index is 0.0542. The highest BCUT2D eigenvalue weighted by Gasteiger charge is 2.31. The third kappa shape index (κ3) is 5.45. The number of rotatable bonds is 7. The van der Waals surface area contributed by atoms with Gasteiger partial charge >= 0.3 is 5.97 Å². The summed E-state index contributed by atoms with van der Waals surface area (Å²) in [5.74, 6) is -1.83. The molecule has 0 saturated carbocycles. The zero-order chi connectivity index (χ0) is 21.8. The number of ether oxygens (including phenoxy) is 1. The first-order chi connectivity index (χ1) is 13.6. The second-order valence-electron chi connectivity index (χ2n) is 6.13. The van der Waals surface area contributed by atoms with Gasteiger partial charge in [-0.05, 0) is 48.9 Å². The number of benzene rings is 2. The van der Waals surface area contributed by atoms with Crippen LogP contribution in [0, 0.1) is 5.82 Å². The molecule has 2 rings (SSSR count). The number of hydrogen-bond donors (Lipinski definition) is 1. The number of carbonyl (C=O) groups is 2. The summed E-state index contributed by atoms with van der Waals surface area (Å²) >= 11 is 5.97. The fourth-order valence-electron chi connectivity index (χ4n) is 2.74. The Hall–Kier alpha value is -2.65. The van der Waals surface area contributed by atoms with Crippen LogP contribution in [0.4, 0.5) is 15.8 Å². The molecule has 1 N–H and O–H groups in total. The van der Waals surface area contributed by atoms with Crippen LogP contribution < -0.4 is 9.62 Å². The van der Waals surface area contributed by atoms with Crippen molar-refractivity contribution in [2.45, 2.75) is 19.4 Å². The Labute approximate surface area is 173 Å². The lowest BCUT2D eigenvalue weighted by atomic mass is 10.1. The molecule has 10 heteroatoms. The maximum absolute atomic E-state index is 13.2. The summed E-state index contributed by atoms with van der Waals surface area (Å²) < 4.78 is 43.6. The third-order valence-corrected chi connectivity index (χ3v) is 5.56. The van der Waals surface area contributed by atoms with Crippen molar-refractivity contribution in [3.05, 3.63) is 58.9 Å². The van der Waals surface area contributed by atoms with Crippen LogP contribution in [0.25, 0.3) is 0 Å². The Morgan fingerprint density at radius 1 is 1.21 bits per heavy atom. The van der Waals surface area contributed by atoms with Crippen LogP contribution in [-0.2, 0) is 19.6 Å². The van der Waals surface area contributed by atoms with Gasteiger partial charge in [0.05, 0.1) is 29.6 Å². The minimum Gasteiger partial charge on any atom is -0.465 e. The number of nitrogens with one attached hydrogen (secondary N) is 1. The first-order valence-electron chi connectivity index (χ1n) is 8.52. The van der Waals surface area contributed by atoms with Gasteiger partial charge in [-0.25, -0.2) is 17.6 Å². The predicted molar refractivity (Wildman–Crippen MR) is 109 cm³/mol. The van der Waals surface area contributed by atoms with Crippen LogP contribution in [0.5, 0.6) is 0 Å². The van der Waals surface area contributed by atoms with Crippen molar-refractivity contribution in [3.63, 3.8) is 0 Å². The molecule has 1 unspecified atom stereocenters. The third-order valence-electron chi connectivity index (χ3n) is 4.05. The van der Waals surface area contributed by atoms with E-state index >= 15 is 0 Å². The molecule has 2 aromatic carbocycles. The molecule has 1 amide bonds. The van der Waals surface area contributed by atoms with E-state index in [9.17, 15) is 22.4 Å². The monoisotopic (exact) mass is 442 g/mol. The second-order valence-corrected chi connectivity index (χ2v) is 8.40. The maximum Gasteiger partial charge on any atom is 0.339 e. The summed E-state index contributed by atoms with van der Waals surface area (Å²) in [5, 5.41) is 2.73. The Kier molecular flexibility index (Phi) is 7.21. The lowest BCUT2D eigenvalue weighted by Crippen LogP contribution is -2.47. The summed E-state index contributed by atoms with van der Waals surface area (Å²) in [7, 11) is -2.66. The number of carbonyl (C=O) groups excluding carboxylic acids is 2. The number of hydrogen-bond acceptors (Lipinski definition) is 5. The van der Waals surface area contributed by atoms with E-state index in [1.54, 1.807) is 6.92 Å². The van der Waals surface area contributed by atoms with E-state index < -0.39 is 33.8 Å². The van der Waals surface area contributed by atoms with Crippen molar-refractivity contribution in [1.82, 2.24) is 0 Å². The van der Waals surface area contributed by atoms with Crippen molar-refractivity contribution in [2.24, 2.45) is 0 Å². The minimum atomic E-state index is -3.86. The summed E-state index contributed by atoms with van der Waals surface area (Å²) in [6.07, 6.45) is 1.11. The second kappa shape index (κ2) is 9.23. The number of nitrogens with zero attached hydrogens (tertiary/aromatic N) is 1. The standard InChI is InChI=1S/C19H20ClFN2O5S/c1-4-17(23(29(3,26)27)14-8-5-12(21)6-9-14)18(24)22-13-7-10-16(20)15(11-13)19(25)28-2/h5-11,17H,4H2,1-3H3,(H,22,24). The quantitative estimate of drug-likeness (QED) is 0.663. The zero-order valence-corrected chi connectivity index (χ0v) is 17.6. The van der Waals surface area contributed by atoms with E-state index in [2.05, 4.69) is 10.1 Å². The number of amides is 1. The van der Waals surface area contributed by atoms with Crippen LogP contribution in [0.15, 0.2) is 42.5 Å². The molecule has 29 heavy (non-hydrogen) atoms. The summed E-state index contributed by atoms with van der Waals surface area (Å²) in [5.41, 5.74) is 0.451. The number of sulfonamides is 1. The first-order valence-corrected chi connectivity index (χ1v) is 10.7. The largest absolute Gasteiger partial charge is 0.465 e. The number of halogens is 2. The van der Waals surface area contributed by atoms with Crippen LogP contribution >= 0.6 is 11.6 Å². The van der Waals surface area contributed by atoms with Crippen molar-refractivity contribution in [1.29, 1.82) is 0 Å².